The number of anilines is 1. The minimum atomic E-state index is -4.80. The van der Waals surface area contributed by atoms with E-state index in [0.717, 1.165) is 17.4 Å². The highest BCUT2D eigenvalue weighted by Crippen LogP contribution is 2.38. The van der Waals surface area contributed by atoms with Gasteiger partial charge in [-0.15, -0.1) is 11.3 Å². The van der Waals surface area contributed by atoms with Crippen LogP contribution in [-0.4, -0.2) is 13.1 Å². The third kappa shape index (κ3) is 2.99. The molecule has 0 aliphatic rings. The third-order valence-electron chi connectivity index (χ3n) is 2.69. The van der Waals surface area contributed by atoms with Crippen LogP contribution in [0.2, 0.25) is 0 Å². The van der Waals surface area contributed by atoms with E-state index >= 15 is 0 Å². The van der Waals surface area contributed by atoms with E-state index in [2.05, 4.69) is 4.74 Å². The highest BCUT2D eigenvalue weighted by molar-refractivity contribution is 7.18. The lowest BCUT2D eigenvalue weighted by Crippen LogP contribution is -2.07. The minimum Gasteiger partial charge on any atom is -0.465 e. The lowest BCUT2D eigenvalue weighted by Gasteiger charge is -2.09. The van der Waals surface area contributed by atoms with Crippen LogP contribution in [0.4, 0.5) is 23.2 Å². The Bertz CT molecular complexity index is 694. The number of nitrogen functional groups attached to an aromatic ring is 1. The maximum atomic E-state index is 13.2. The summed E-state index contributed by atoms with van der Waals surface area (Å²) in [5.74, 6) is -2.04. The lowest BCUT2D eigenvalue weighted by molar-refractivity contribution is -0.139. The number of halogens is 4. The van der Waals surface area contributed by atoms with Gasteiger partial charge in [0.25, 0.3) is 0 Å². The van der Waals surface area contributed by atoms with Gasteiger partial charge in [-0.2, -0.15) is 13.2 Å². The molecule has 21 heavy (non-hydrogen) atoms. The first kappa shape index (κ1) is 15.3. The first-order chi connectivity index (χ1) is 9.74. The molecule has 1 heterocycles. The molecular formula is C13H9F4NO2S. The topological polar surface area (TPSA) is 52.3 Å². The standard InChI is InChI=1S/C13H9F4NO2S/c1-20-12(19)11-9(18)5-10(21-11)6-2-3-8(14)7(4-6)13(15,16)17/h2-5H,18H2,1H3. The summed E-state index contributed by atoms with van der Waals surface area (Å²) in [5.41, 5.74) is 4.47. The number of methoxy groups -OCH3 is 1. The zero-order valence-corrected chi connectivity index (χ0v) is 11.4. The second-order valence-electron chi connectivity index (χ2n) is 4.08. The summed E-state index contributed by atoms with van der Waals surface area (Å²) >= 11 is 0.881. The van der Waals surface area contributed by atoms with Crippen molar-refractivity contribution in [2.45, 2.75) is 6.18 Å². The molecule has 2 aromatic rings. The predicted molar refractivity (Wildman–Crippen MR) is 70.5 cm³/mol. The Balaban J connectivity index is 2.51. The maximum absolute atomic E-state index is 13.2. The maximum Gasteiger partial charge on any atom is 0.419 e. The molecule has 0 saturated carbocycles. The first-order valence-electron chi connectivity index (χ1n) is 5.58. The number of thiophene rings is 1. The molecule has 0 radical (unpaired) electrons. The molecule has 0 atom stereocenters. The van der Waals surface area contributed by atoms with E-state index in [1.165, 1.54) is 19.2 Å². The Hall–Kier alpha value is -2.09. The Morgan fingerprint density at radius 3 is 2.52 bits per heavy atom. The fourth-order valence-electron chi connectivity index (χ4n) is 1.70. The van der Waals surface area contributed by atoms with Crippen molar-refractivity contribution < 1.29 is 27.1 Å². The molecule has 2 rings (SSSR count). The van der Waals surface area contributed by atoms with E-state index in [-0.39, 0.29) is 16.1 Å². The highest BCUT2D eigenvalue weighted by atomic mass is 32.1. The van der Waals surface area contributed by atoms with Gasteiger partial charge in [0.2, 0.25) is 0 Å². The molecule has 0 aliphatic carbocycles. The minimum absolute atomic E-state index is 0.0883. The molecule has 0 unspecified atom stereocenters. The molecule has 112 valence electrons. The summed E-state index contributed by atoms with van der Waals surface area (Å²) in [4.78, 5) is 11.8. The number of carbonyl (C=O) groups is 1. The number of hydrogen-bond acceptors (Lipinski definition) is 4. The van der Waals surface area contributed by atoms with Crippen LogP contribution in [0.15, 0.2) is 24.3 Å². The summed E-state index contributed by atoms with van der Waals surface area (Å²) in [5, 5.41) is 0. The smallest absolute Gasteiger partial charge is 0.419 e. The number of benzene rings is 1. The van der Waals surface area contributed by atoms with Gasteiger partial charge < -0.3 is 10.5 Å². The van der Waals surface area contributed by atoms with Crippen molar-refractivity contribution in [3.63, 3.8) is 0 Å². The van der Waals surface area contributed by atoms with Crippen LogP contribution in [0.1, 0.15) is 15.2 Å². The number of ether oxygens (including phenoxy) is 1. The van der Waals surface area contributed by atoms with Crippen molar-refractivity contribution in [1.29, 1.82) is 0 Å². The molecular weight excluding hydrogens is 310 g/mol. The largest absolute Gasteiger partial charge is 0.465 e. The van der Waals surface area contributed by atoms with Crippen molar-refractivity contribution in [1.82, 2.24) is 0 Å². The van der Waals surface area contributed by atoms with Gasteiger partial charge in [0.15, 0.2) is 0 Å². The van der Waals surface area contributed by atoms with Gasteiger partial charge in [0.05, 0.1) is 18.4 Å². The number of nitrogens with two attached hydrogens (primary N) is 1. The molecule has 0 aliphatic heterocycles. The van der Waals surface area contributed by atoms with E-state index in [1.54, 1.807) is 0 Å². The van der Waals surface area contributed by atoms with E-state index < -0.39 is 23.5 Å². The molecule has 2 N–H and O–H groups in total. The van der Waals surface area contributed by atoms with Crippen LogP contribution in [0.25, 0.3) is 10.4 Å². The molecule has 0 saturated heterocycles. The van der Waals surface area contributed by atoms with Crippen LogP contribution < -0.4 is 5.73 Å². The van der Waals surface area contributed by atoms with Crippen molar-refractivity contribution in [2.75, 3.05) is 12.8 Å². The molecule has 0 bridgehead atoms. The van der Waals surface area contributed by atoms with Gasteiger partial charge in [-0.05, 0) is 23.8 Å². The second kappa shape index (κ2) is 5.36. The quantitative estimate of drug-likeness (QED) is 0.674. The lowest BCUT2D eigenvalue weighted by atomic mass is 10.1. The molecule has 1 aromatic carbocycles. The van der Waals surface area contributed by atoms with Gasteiger partial charge in [-0.3, -0.25) is 0 Å². The Kier molecular flexibility index (Phi) is 3.91. The van der Waals surface area contributed by atoms with Gasteiger partial charge in [0, 0.05) is 4.88 Å². The summed E-state index contributed by atoms with van der Waals surface area (Å²) in [7, 11) is 1.17. The molecule has 0 spiro atoms. The number of alkyl halides is 3. The second-order valence-corrected chi connectivity index (χ2v) is 5.13. The van der Waals surface area contributed by atoms with Crippen molar-refractivity contribution in [3.8, 4) is 10.4 Å². The average molecular weight is 319 g/mol. The summed E-state index contributed by atoms with van der Waals surface area (Å²) in [6.45, 7) is 0. The van der Waals surface area contributed by atoms with Crippen LogP contribution in [0.3, 0.4) is 0 Å². The number of rotatable bonds is 2. The van der Waals surface area contributed by atoms with E-state index in [4.69, 9.17) is 5.73 Å². The van der Waals surface area contributed by atoms with Gasteiger partial charge >= 0.3 is 12.1 Å². The van der Waals surface area contributed by atoms with Gasteiger partial charge in [0.1, 0.15) is 10.7 Å². The number of hydrogen-bond donors (Lipinski definition) is 1. The Morgan fingerprint density at radius 2 is 1.95 bits per heavy atom. The first-order valence-corrected chi connectivity index (χ1v) is 6.40. The predicted octanol–water partition coefficient (Wildman–Crippen LogP) is 3.94. The van der Waals surface area contributed by atoms with Gasteiger partial charge in [-0.25, -0.2) is 9.18 Å². The molecule has 0 fully saturated rings. The SMILES string of the molecule is COC(=O)c1sc(-c2ccc(F)c(C(F)(F)F)c2)cc1N. The Labute approximate surface area is 121 Å². The fourth-order valence-corrected chi connectivity index (χ4v) is 2.69. The van der Waals surface area contributed by atoms with Crippen LogP contribution in [0.5, 0.6) is 0 Å². The van der Waals surface area contributed by atoms with Crippen molar-refractivity contribution >= 4 is 23.0 Å². The van der Waals surface area contributed by atoms with Crippen LogP contribution in [0, 0.1) is 5.82 Å². The van der Waals surface area contributed by atoms with E-state index in [0.29, 0.717) is 10.9 Å². The van der Waals surface area contributed by atoms with E-state index in [9.17, 15) is 22.4 Å². The average Bonchev–Trinajstić information content (AvgIpc) is 2.79. The van der Waals surface area contributed by atoms with Crippen LogP contribution in [-0.2, 0) is 10.9 Å². The normalized spacial score (nSPS) is 11.5. The Morgan fingerprint density at radius 1 is 1.29 bits per heavy atom. The zero-order valence-electron chi connectivity index (χ0n) is 10.6. The third-order valence-corrected chi connectivity index (χ3v) is 3.87. The fraction of sp³-hybridized carbons (Fsp3) is 0.154. The molecule has 0 amide bonds. The summed E-state index contributed by atoms with van der Waals surface area (Å²) < 4.78 is 55.8. The number of carbonyl (C=O) groups excluding carboxylic acids is 1. The summed E-state index contributed by atoms with van der Waals surface area (Å²) in [6, 6.07) is 3.95. The molecule has 8 heteroatoms. The van der Waals surface area contributed by atoms with Crippen LogP contribution >= 0.6 is 11.3 Å². The highest BCUT2D eigenvalue weighted by Gasteiger charge is 2.34. The zero-order chi connectivity index (χ0) is 15.8. The van der Waals surface area contributed by atoms with Crippen molar-refractivity contribution in [2.24, 2.45) is 0 Å². The van der Waals surface area contributed by atoms with Gasteiger partial charge in [-0.1, -0.05) is 6.07 Å². The molecule has 3 nitrogen and oxygen atoms in total. The summed E-state index contributed by atoms with van der Waals surface area (Å²) in [6.07, 6.45) is -4.80. The monoisotopic (exact) mass is 319 g/mol. The van der Waals surface area contributed by atoms with Crippen molar-refractivity contribution in [3.05, 3.63) is 40.5 Å². The molecule has 1 aromatic heterocycles. The number of esters is 1. The van der Waals surface area contributed by atoms with E-state index in [1.807, 2.05) is 0 Å².